The van der Waals surface area contributed by atoms with E-state index in [-0.39, 0.29) is 44.5 Å². The number of anilines is 1. The molecule has 2 aromatic rings. The van der Waals surface area contributed by atoms with Crippen LogP contribution in [0.4, 0.5) is 5.69 Å². The van der Waals surface area contributed by atoms with Crippen LogP contribution < -0.4 is 5.09 Å². The minimum Gasteiger partial charge on any atom is -0.296 e. The molecular formula is C16H13ClNO5P. The highest BCUT2D eigenvalue weighted by Gasteiger charge is 2.34. The molecule has 1 aliphatic carbocycles. The fourth-order valence-electron chi connectivity index (χ4n) is 2.61. The van der Waals surface area contributed by atoms with Gasteiger partial charge < -0.3 is 0 Å². The maximum absolute atomic E-state index is 12.9. The fraction of sp³-hybridized carbons (Fsp3) is 0.125. The van der Waals surface area contributed by atoms with Gasteiger partial charge in [-0.1, -0.05) is 35.9 Å². The molecule has 3 rings (SSSR count). The number of carbonyl (C=O) groups is 2. The Kier molecular flexibility index (Phi) is 4.32. The summed E-state index contributed by atoms with van der Waals surface area (Å²) in [5.74, 6) is -0.748. The Balaban J connectivity index is 2.19. The molecule has 0 spiro atoms. The lowest BCUT2D eigenvalue weighted by atomic mass is 9.83. The van der Waals surface area contributed by atoms with E-state index in [1.165, 1.54) is 32.4 Å². The van der Waals surface area contributed by atoms with Gasteiger partial charge in [-0.2, -0.15) is 0 Å². The van der Waals surface area contributed by atoms with Crippen molar-refractivity contribution in [2.45, 2.75) is 0 Å². The number of carbonyl (C=O) groups excluding carboxylic acids is 2. The second-order valence-electron chi connectivity index (χ2n) is 5.02. The van der Waals surface area contributed by atoms with E-state index in [0.29, 0.717) is 0 Å². The third-order valence-electron chi connectivity index (χ3n) is 3.76. The van der Waals surface area contributed by atoms with Gasteiger partial charge in [0.1, 0.15) is 0 Å². The van der Waals surface area contributed by atoms with Crippen LogP contribution in [-0.4, -0.2) is 25.8 Å². The number of rotatable bonds is 4. The van der Waals surface area contributed by atoms with Crippen LogP contribution in [0.1, 0.15) is 31.8 Å². The molecular weight excluding hydrogens is 353 g/mol. The molecule has 0 atom stereocenters. The van der Waals surface area contributed by atoms with Crippen molar-refractivity contribution in [3.63, 3.8) is 0 Å². The van der Waals surface area contributed by atoms with Crippen molar-refractivity contribution in [3.05, 3.63) is 63.7 Å². The van der Waals surface area contributed by atoms with E-state index in [9.17, 15) is 14.2 Å². The molecule has 0 bridgehead atoms. The molecule has 0 aliphatic heterocycles. The lowest BCUT2D eigenvalue weighted by Crippen LogP contribution is -2.22. The summed E-state index contributed by atoms with van der Waals surface area (Å²) in [6, 6.07) is 9.32. The van der Waals surface area contributed by atoms with E-state index in [4.69, 9.17) is 20.6 Å². The minimum atomic E-state index is -3.63. The van der Waals surface area contributed by atoms with Crippen LogP contribution >= 0.6 is 19.3 Å². The van der Waals surface area contributed by atoms with Gasteiger partial charge in [0, 0.05) is 25.3 Å². The van der Waals surface area contributed by atoms with Crippen LogP contribution in [0.5, 0.6) is 0 Å². The fourth-order valence-corrected chi connectivity index (χ4v) is 3.68. The van der Waals surface area contributed by atoms with Gasteiger partial charge in [0.25, 0.3) is 0 Å². The number of nitrogens with one attached hydrogen (secondary N) is 1. The molecule has 0 saturated heterocycles. The van der Waals surface area contributed by atoms with Gasteiger partial charge >= 0.3 is 7.75 Å². The van der Waals surface area contributed by atoms with E-state index in [1.54, 1.807) is 18.2 Å². The van der Waals surface area contributed by atoms with Crippen LogP contribution in [0.2, 0.25) is 5.02 Å². The van der Waals surface area contributed by atoms with E-state index < -0.39 is 7.75 Å². The van der Waals surface area contributed by atoms with E-state index >= 15 is 0 Å². The molecule has 0 fully saturated rings. The molecule has 2 aromatic carbocycles. The van der Waals surface area contributed by atoms with Crippen molar-refractivity contribution in [1.29, 1.82) is 0 Å². The summed E-state index contributed by atoms with van der Waals surface area (Å²) in [6.45, 7) is 0. The van der Waals surface area contributed by atoms with Crippen molar-refractivity contribution in [3.8, 4) is 0 Å². The lowest BCUT2D eigenvalue weighted by molar-refractivity contribution is 0.0980. The summed E-state index contributed by atoms with van der Waals surface area (Å²) in [7, 11) is -1.20. The number of benzene rings is 2. The Morgan fingerprint density at radius 3 is 2.08 bits per heavy atom. The third-order valence-corrected chi connectivity index (χ3v) is 5.55. The van der Waals surface area contributed by atoms with Gasteiger partial charge in [0.15, 0.2) is 11.6 Å². The number of fused-ring (bicyclic) bond motifs is 2. The first-order chi connectivity index (χ1) is 11.4. The second-order valence-corrected chi connectivity index (χ2v) is 7.38. The first kappa shape index (κ1) is 16.9. The average molecular weight is 366 g/mol. The predicted octanol–water partition coefficient (Wildman–Crippen LogP) is 3.93. The van der Waals surface area contributed by atoms with Gasteiger partial charge in [0.05, 0.1) is 21.8 Å². The van der Waals surface area contributed by atoms with Crippen molar-refractivity contribution < 1.29 is 23.2 Å². The molecule has 0 saturated carbocycles. The number of hydrogen-bond acceptors (Lipinski definition) is 5. The number of halogens is 1. The maximum Gasteiger partial charge on any atom is 0.432 e. The van der Waals surface area contributed by atoms with Crippen molar-refractivity contribution in [1.82, 2.24) is 0 Å². The van der Waals surface area contributed by atoms with Gasteiger partial charge in [-0.25, -0.2) is 4.57 Å². The molecule has 24 heavy (non-hydrogen) atoms. The summed E-state index contributed by atoms with van der Waals surface area (Å²) < 4.78 is 22.0. The Morgan fingerprint density at radius 1 is 0.917 bits per heavy atom. The summed E-state index contributed by atoms with van der Waals surface area (Å²) in [6.07, 6.45) is 0. The zero-order valence-corrected chi connectivity index (χ0v) is 14.5. The lowest BCUT2D eigenvalue weighted by Gasteiger charge is -2.23. The van der Waals surface area contributed by atoms with E-state index in [2.05, 4.69) is 5.09 Å². The molecule has 124 valence electrons. The van der Waals surface area contributed by atoms with Crippen molar-refractivity contribution >= 4 is 36.6 Å². The van der Waals surface area contributed by atoms with Crippen LogP contribution in [-0.2, 0) is 13.6 Å². The normalized spacial score (nSPS) is 13.5. The van der Waals surface area contributed by atoms with Crippen LogP contribution in [0.3, 0.4) is 0 Å². The van der Waals surface area contributed by atoms with E-state index in [0.717, 1.165) is 0 Å². The highest BCUT2D eigenvalue weighted by atomic mass is 35.5. The smallest absolute Gasteiger partial charge is 0.296 e. The van der Waals surface area contributed by atoms with Gasteiger partial charge in [-0.3, -0.25) is 23.7 Å². The summed E-state index contributed by atoms with van der Waals surface area (Å²) >= 11 is 6.09. The van der Waals surface area contributed by atoms with Crippen LogP contribution in [0, 0.1) is 0 Å². The van der Waals surface area contributed by atoms with Gasteiger partial charge in [-0.15, -0.1) is 0 Å². The number of ketones is 2. The third kappa shape index (κ3) is 2.58. The largest absolute Gasteiger partial charge is 0.432 e. The zero-order valence-electron chi connectivity index (χ0n) is 12.8. The minimum absolute atomic E-state index is 0.117. The standard InChI is InChI=1S/C16H13ClNO5P/c1-22-24(21,23-2)18-12-8-4-6-10-14(12)16(20)9-5-3-7-11(17)13(9)15(10)19/h3-8H,1-2H3,(H,18,21). The average Bonchev–Trinajstić information content (AvgIpc) is 2.59. The summed E-state index contributed by atoms with van der Waals surface area (Å²) in [5, 5.41) is 2.80. The maximum atomic E-state index is 12.9. The monoisotopic (exact) mass is 365 g/mol. The molecule has 0 amide bonds. The molecule has 6 nitrogen and oxygen atoms in total. The van der Waals surface area contributed by atoms with Gasteiger partial charge in [0.2, 0.25) is 0 Å². The molecule has 0 unspecified atom stereocenters. The first-order valence-electron chi connectivity index (χ1n) is 6.92. The molecule has 0 aromatic heterocycles. The number of hydrogen-bond donors (Lipinski definition) is 1. The Hall–Kier alpha value is -1.98. The first-order valence-corrected chi connectivity index (χ1v) is 8.84. The van der Waals surface area contributed by atoms with Crippen LogP contribution in [0.15, 0.2) is 36.4 Å². The Bertz CT molecular complexity index is 903. The van der Waals surface area contributed by atoms with E-state index in [1.807, 2.05) is 0 Å². The van der Waals surface area contributed by atoms with Crippen molar-refractivity contribution in [2.75, 3.05) is 19.3 Å². The van der Waals surface area contributed by atoms with Gasteiger partial charge in [-0.05, 0) is 12.1 Å². The summed E-state index contributed by atoms with van der Waals surface area (Å²) in [5.41, 5.74) is 0.883. The molecule has 0 heterocycles. The summed E-state index contributed by atoms with van der Waals surface area (Å²) in [4.78, 5) is 25.6. The van der Waals surface area contributed by atoms with Crippen molar-refractivity contribution in [2.24, 2.45) is 0 Å². The quantitative estimate of drug-likeness (QED) is 0.705. The molecule has 0 radical (unpaired) electrons. The molecule has 1 aliphatic rings. The topological polar surface area (TPSA) is 81.7 Å². The predicted molar refractivity (Wildman–Crippen MR) is 90.0 cm³/mol. The Labute approximate surface area is 143 Å². The SMILES string of the molecule is COP(=O)(Nc1cccc2c1C(=O)c1cccc(Cl)c1C2=O)OC. The molecule has 1 N–H and O–H groups in total. The second kappa shape index (κ2) is 6.15. The highest BCUT2D eigenvalue weighted by molar-refractivity contribution is 7.55. The van der Waals surface area contributed by atoms with Crippen LogP contribution in [0.25, 0.3) is 0 Å². The highest BCUT2D eigenvalue weighted by Crippen LogP contribution is 2.48. The zero-order chi connectivity index (χ0) is 17.5. The molecule has 8 heteroatoms. The Morgan fingerprint density at radius 2 is 1.46 bits per heavy atom.